The lowest BCUT2D eigenvalue weighted by Gasteiger charge is -2.23. The zero-order valence-corrected chi connectivity index (χ0v) is 11.9. The molecule has 1 aromatic heterocycles. The Kier molecular flexibility index (Phi) is 3.91. The molecule has 0 radical (unpaired) electrons. The van der Waals surface area contributed by atoms with Gasteiger partial charge in [-0.15, -0.1) is 0 Å². The number of oxazole rings is 1. The Hall–Kier alpha value is -2.63. The van der Waals surface area contributed by atoms with Gasteiger partial charge in [-0.2, -0.15) is 0 Å². The molecule has 1 aliphatic heterocycles. The molecule has 1 amide bonds. The number of rotatable bonds is 4. The highest BCUT2D eigenvalue weighted by Gasteiger charge is 2.30. The van der Waals surface area contributed by atoms with Crippen LogP contribution in [0.5, 0.6) is 0 Å². The number of carbonyl (C=O) groups excluding carboxylic acids is 1. The van der Waals surface area contributed by atoms with Crippen molar-refractivity contribution < 1.29 is 19.1 Å². The fourth-order valence-electron chi connectivity index (χ4n) is 2.82. The molecule has 114 valence electrons. The Morgan fingerprint density at radius 1 is 1.32 bits per heavy atom. The van der Waals surface area contributed by atoms with Crippen LogP contribution in [-0.2, 0) is 4.79 Å². The van der Waals surface area contributed by atoms with Crippen LogP contribution in [0.1, 0.15) is 29.6 Å². The van der Waals surface area contributed by atoms with Gasteiger partial charge in [0.15, 0.2) is 12.2 Å². The van der Waals surface area contributed by atoms with Crippen LogP contribution >= 0.6 is 0 Å². The summed E-state index contributed by atoms with van der Waals surface area (Å²) >= 11 is 0. The first-order chi connectivity index (χ1) is 10.6. The second-order valence-corrected chi connectivity index (χ2v) is 5.34. The van der Waals surface area contributed by atoms with Crippen LogP contribution in [0.25, 0.3) is 11.3 Å². The molecule has 22 heavy (non-hydrogen) atoms. The van der Waals surface area contributed by atoms with Gasteiger partial charge in [0.1, 0.15) is 0 Å². The number of hydrogen-bond donors (Lipinski definition) is 1. The first-order valence-electron chi connectivity index (χ1n) is 7.17. The van der Waals surface area contributed by atoms with Gasteiger partial charge in [-0.25, -0.2) is 4.98 Å². The average Bonchev–Trinajstić information content (AvgIpc) is 3.17. The molecule has 1 unspecified atom stereocenters. The SMILES string of the molecule is O=C(O)CC1CCCN1C(=O)c1ccc(-c2cnco2)cc1. The number of carboxylic acids is 1. The first-order valence-corrected chi connectivity index (χ1v) is 7.17. The van der Waals surface area contributed by atoms with Gasteiger partial charge in [0.2, 0.25) is 0 Å². The maximum absolute atomic E-state index is 12.5. The third kappa shape index (κ3) is 2.86. The summed E-state index contributed by atoms with van der Waals surface area (Å²) in [5, 5.41) is 8.93. The number of likely N-dealkylation sites (tertiary alicyclic amines) is 1. The summed E-state index contributed by atoms with van der Waals surface area (Å²) in [6.45, 7) is 0.612. The van der Waals surface area contributed by atoms with Crippen molar-refractivity contribution in [3.05, 3.63) is 42.4 Å². The molecule has 0 saturated carbocycles. The summed E-state index contributed by atoms with van der Waals surface area (Å²) in [7, 11) is 0. The Balaban J connectivity index is 1.76. The maximum Gasteiger partial charge on any atom is 0.305 e. The molecule has 0 bridgehead atoms. The van der Waals surface area contributed by atoms with Crippen LogP contribution in [-0.4, -0.2) is 39.5 Å². The fraction of sp³-hybridized carbons (Fsp3) is 0.312. The predicted octanol–water partition coefficient (Wildman–Crippen LogP) is 2.42. The Labute approximate surface area is 127 Å². The van der Waals surface area contributed by atoms with Crippen molar-refractivity contribution in [1.82, 2.24) is 9.88 Å². The van der Waals surface area contributed by atoms with Crippen molar-refractivity contribution in [2.45, 2.75) is 25.3 Å². The molecule has 1 saturated heterocycles. The van der Waals surface area contributed by atoms with Gasteiger partial charge in [0.25, 0.3) is 5.91 Å². The monoisotopic (exact) mass is 300 g/mol. The minimum absolute atomic E-state index is 0.00187. The second-order valence-electron chi connectivity index (χ2n) is 5.34. The van der Waals surface area contributed by atoms with E-state index in [2.05, 4.69) is 4.98 Å². The van der Waals surface area contributed by atoms with Crippen molar-refractivity contribution in [3.8, 4) is 11.3 Å². The third-order valence-electron chi connectivity index (χ3n) is 3.90. The molecule has 1 aromatic carbocycles. The summed E-state index contributed by atoms with van der Waals surface area (Å²) in [6, 6.07) is 6.86. The molecule has 1 atom stereocenters. The quantitative estimate of drug-likeness (QED) is 0.937. The number of aromatic nitrogens is 1. The third-order valence-corrected chi connectivity index (χ3v) is 3.90. The molecule has 1 N–H and O–H groups in total. The lowest BCUT2D eigenvalue weighted by Crippen LogP contribution is -2.36. The molecule has 6 nitrogen and oxygen atoms in total. The van der Waals surface area contributed by atoms with Crippen molar-refractivity contribution in [2.24, 2.45) is 0 Å². The number of nitrogens with zero attached hydrogens (tertiary/aromatic N) is 2. The van der Waals surface area contributed by atoms with Crippen LogP contribution in [0.2, 0.25) is 0 Å². The fourth-order valence-corrected chi connectivity index (χ4v) is 2.82. The number of aliphatic carboxylic acids is 1. The van der Waals surface area contributed by atoms with Gasteiger partial charge < -0.3 is 14.4 Å². The molecule has 6 heteroatoms. The van der Waals surface area contributed by atoms with E-state index in [1.54, 1.807) is 35.4 Å². The molecular weight excluding hydrogens is 284 g/mol. The summed E-state index contributed by atoms with van der Waals surface area (Å²) in [6.07, 6.45) is 4.56. The smallest absolute Gasteiger partial charge is 0.305 e. The first kappa shape index (κ1) is 14.3. The molecule has 0 aliphatic carbocycles. The van der Waals surface area contributed by atoms with Crippen LogP contribution in [0.3, 0.4) is 0 Å². The summed E-state index contributed by atoms with van der Waals surface area (Å²) < 4.78 is 5.21. The molecule has 1 aliphatic rings. The van der Waals surface area contributed by atoms with Crippen LogP contribution < -0.4 is 0 Å². The lowest BCUT2D eigenvalue weighted by atomic mass is 10.1. The minimum Gasteiger partial charge on any atom is -0.481 e. The normalized spacial score (nSPS) is 17.6. The maximum atomic E-state index is 12.5. The van der Waals surface area contributed by atoms with E-state index in [1.807, 2.05) is 0 Å². The van der Waals surface area contributed by atoms with Gasteiger partial charge in [-0.3, -0.25) is 9.59 Å². The highest BCUT2D eigenvalue weighted by atomic mass is 16.4. The number of benzene rings is 1. The zero-order valence-electron chi connectivity index (χ0n) is 11.9. The summed E-state index contributed by atoms with van der Waals surface area (Å²) in [5.74, 6) is -0.345. The second kappa shape index (κ2) is 6.01. The Morgan fingerprint density at radius 3 is 2.73 bits per heavy atom. The Bertz CT molecular complexity index is 664. The largest absolute Gasteiger partial charge is 0.481 e. The number of carboxylic acid groups (broad SMARTS) is 1. The minimum atomic E-state index is -0.870. The molecule has 2 heterocycles. The zero-order chi connectivity index (χ0) is 15.5. The van der Waals surface area contributed by atoms with E-state index in [1.165, 1.54) is 6.39 Å². The van der Waals surface area contributed by atoms with E-state index in [4.69, 9.17) is 9.52 Å². The molecule has 3 rings (SSSR count). The summed E-state index contributed by atoms with van der Waals surface area (Å²) in [4.78, 5) is 28.9. The number of amides is 1. The van der Waals surface area contributed by atoms with Gasteiger partial charge in [0, 0.05) is 23.7 Å². The predicted molar refractivity (Wildman–Crippen MR) is 78.3 cm³/mol. The highest BCUT2D eigenvalue weighted by molar-refractivity contribution is 5.95. The van der Waals surface area contributed by atoms with E-state index < -0.39 is 5.97 Å². The van der Waals surface area contributed by atoms with Crippen molar-refractivity contribution in [2.75, 3.05) is 6.54 Å². The summed E-state index contributed by atoms with van der Waals surface area (Å²) in [5.41, 5.74) is 1.40. The van der Waals surface area contributed by atoms with Crippen molar-refractivity contribution in [1.29, 1.82) is 0 Å². The van der Waals surface area contributed by atoms with E-state index in [-0.39, 0.29) is 18.4 Å². The van der Waals surface area contributed by atoms with Crippen LogP contribution in [0.15, 0.2) is 41.3 Å². The van der Waals surface area contributed by atoms with Gasteiger partial charge in [0.05, 0.1) is 12.6 Å². The van der Waals surface area contributed by atoms with Crippen molar-refractivity contribution >= 4 is 11.9 Å². The standard InChI is InChI=1S/C16H16N2O4/c19-15(20)8-13-2-1-7-18(13)16(21)12-5-3-11(4-6-12)14-9-17-10-22-14/h3-6,9-10,13H,1-2,7-8H2,(H,19,20). The topological polar surface area (TPSA) is 83.6 Å². The van der Waals surface area contributed by atoms with Gasteiger partial charge in [-0.1, -0.05) is 12.1 Å². The van der Waals surface area contributed by atoms with Crippen LogP contribution in [0, 0.1) is 0 Å². The van der Waals surface area contributed by atoms with Gasteiger partial charge >= 0.3 is 5.97 Å². The molecule has 1 fully saturated rings. The highest BCUT2D eigenvalue weighted by Crippen LogP contribution is 2.24. The van der Waals surface area contributed by atoms with Gasteiger partial charge in [-0.05, 0) is 25.0 Å². The van der Waals surface area contributed by atoms with E-state index in [0.717, 1.165) is 18.4 Å². The number of carbonyl (C=O) groups is 2. The van der Waals surface area contributed by atoms with E-state index in [9.17, 15) is 9.59 Å². The number of hydrogen-bond acceptors (Lipinski definition) is 4. The molecular formula is C16H16N2O4. The van der Waals surface area contributed by atoms with E-state index in [0.29, 0.717) is 17.9 Å². The molecule has 2 aromatic rings. The lowest BCUT2D eigenvalue weighted by molar-refractivity contribution is -0.137. The Morgan fingerprint density at radius 2 is 2.09 bits per heavy atom. The molecule has 0 spiro atoms. The van der Waals surface area contributed by atoms with Crippen LogP contribution in [0.4, 0.5) is 0 Å². The average molecular weight is 300 g/mol. The van der Waals surface area contributed by atoms with Crippen molar-refractivity contribution in [3.63, 3.8) is 0 Å². The van der Waals surface area contributed by atoms with E-state index >= 15 is 0 Å².